The third kappa shape index (κ3) is 6.71. The highest BCUT2D eigenvalue weighted by Gasteiger charge is 2.46. The molecular weight excluding hydrogens is 392 g/mol. The largest absolute Gasteiger partial charge is 0.488 e. The summed E-state index contributed by atoms with van der Waals surface area (Å²) in [7, 11) is 1.98. The van der Waals surface area contributed by atoms with Crippen molar-refractivity contribution in [2.45, 2.75) is 63.5 Å². The third-order valence-electron chi connectivity index (χ3n) is 5.47. The third-order valence-corrected chi connectivity index (χ3v) is 5.47. The van der Waals surface area contributed by atoms with E-state index in [1.807, 2.05) is 76.3 Å². The van der Waals surface area contributed by atoms with Gasteiger partial charge in [-0.15, -0.1) is 0 Å². The normalized spacial score (nSPS) is 23.5. The lowest BCUT2D eigenvalue weighted by molar-refractivity contribution is 0.0132. The maximum absolute atomic E-state index is 12.5. The number of para-hydroxylation sites is 1. The average Bonchev–Trinajstić information content (AvgIpc) is 3.01. The first-order chi connectivity index (χ1) is 14.7. The van der Waals surface area contributed by atoms with Gasteiger partial charge in [-0.2, -0.15) is 0 Å². The van der Waals surface area contributed by atoms with Crippen LogP contribution >= 0.6 is 0 Å². The summed E-state index contributed by atoms with van der Waals surface area (Å²) in [4.78, 5) is 14.6. The first kappa shape index (κ1) is 23.1. The molecule has 0 bridgehead atoms. The number of rotatable bonds is 7. The SMILES string of the molecule is CN(CCc1ccccc1)[C@@H]1[C@@H](O)[C@H](Oc2ccccc2)C[C@H]1NC(=O)OC(C)(C)C. The molecule has 6 nitrogen and oxygen atoms in total. The molecular formula is C25H34N2O4. The molecule has 168 valence electrons. The number of alkyl carbamates (subject to hydrolysis) is 1. The molecule has 1 aliphatic rings. The number of hydrogen-bond donors (Lipinski definition) is 2. The second-order valence-corrected chi connectivity index (χ2v) is 9.16. The van der Waals surface area contributed by atoms with Crippen molar-refractivity contribution in [3.63, 3.8) is 0 Å². The Labute approximate surface area is 185 Å². The number of benzene rings is 2. The molecule has 2 aromatic carbocycles. The molecule has 1 aliphatic carbocycles. The lowest BCUT2D eigenvalue weighted by Gasteiger charge is -2.32. The molecule has 3 rings (SSSR count). The predicted molar refractivity (Wildman–Crippen MR) is 121 cm³/mol. The van der Waals surface area contributed by atoms with Gasteiger partial charge in [0.15, 0.2) is 0 Å². The molecule has 0 unspecified atom stereocenters. The summed E-state index contributed by atoms with van der Waals surface area (Å²) in [6.45, 7) is 6.25. The van der Waals surface area contributed by atoms with Crippen molar-refractivity contribution in [2.24, 2.45) is 0 Å². The van der Waals surface area contributed by atoms with Crippen LogP contribution in [0.1, 0.15) is 32.8 Å². The van der Waals surface area contributed by atoms with Crippen molar-refractivity contribution in [3.05, 3.63) is 66.2 Å². The van der Waals surface area contributed by atoms with Gasteiger partial charge in [-0.25, -0.2) is 4.79 Å². The Balaban J connectivity index is 1.71. The van der Waals surface area contributed by atoms with Crippen molar-refractivity contribution in [3.8, 4) is 5.75 Å². The van der Waals surface area contributed by atoms with Gasteiger partial charge in [0.05, 0.1) is 12.1 Å². The molecule has 31 heavy (non-hydrogen) atoms. The van der Waals surface area contributed by atoms with Gasteiger partial charge in [0.1, 0.15) is 23.6 Å². The van der Waals surface area contributed by atoms with Crippen molar-refractivity contribution in [1.82, 2.24) is 10.2 Å². The zero-order valence-electron chi connectivity index (χ0n) is 18.8. The van der Waals surface area contributed by atoms with E-state index in [1.54, 1.807) is 0 Å². The van der Waals surface area contributed by atoms with E-state index in [1.165, 1.54) is 5.56 Å². The zero-order chi connectivity index (χ0) is 22.4. The summed E-state index contributed by atoms with van der Waals surface area (Å²) in [5, 5.41) is 14.1. The fraction of sp³-hybridized carbons (Fsp3) is 0.480. The molecule has 0 radical (unpaired) electrons. The lowest BCUT2D eigenvalue weighted by Crippen LogP contribution is -2.53. The first-order valence-electron chi connectivity index (χ1n) is 10.9. The molecule has 1 fully saturated rings. The quantitative estimate of drug-likeness (QED) is 0.707. The number of aliphatic hydroxyl groups excluding tert-OH is 1. The van der Waals surface area contributed by atoms with Gasteiger partial charge in [0.25, 0.3) is 0 Å². The van der Waals surface area contributed by atoms with Crippen LogP contribution in [-0.4, -0.2) is 59.6 Å². The Bertz CT molecular complexity index is 822. The van der Waals surface area contributed by atoms with Crippen LogP contribution in [0.15, 0.2) is 60.7 Å². The van der Waals surface area contributed by atoms with Crippen molar-refractivity contribution in [1.29, 1.82) is 0 Å². The Morgan fingerprint density at radius 2 is 1.71 bits per heavy atom. The number of hydrogen-bond acceptors (Lipinski definition) is 5. The molecule has 1 amide bonds. The lowest BCUT2D eigenvalue weighted by atomic mass is 10.1. The number of likely N-dealkylation sites (N-methyl/N-ethyl adjacent to an activating group) is 1. The van der Waals surface area contributed by atoms with Gasteiger partial charge in [-0.05, 0) is 51.9 Å². The number of amides is 1. The fourth-order valence-electron chi connectivity index (χ4n) is 4.05. The second-order valence-electron chi connectivity index (χ2n) is 9.16. The number of ether oxygens (including phenoxy) is 2. The van der Waals surface area contributed by atoms with Crippen LogP contribution in [0, 0.1) is 0 Å². The van der Waals surface area contributed by atoms with E-state index in [0.29, 0.717) is 12.2 Å². The summed E-state index contributed by atoms with van der Waals surface area (Å²) >= 11 is 0. The van der Waals surface area contributed by atoms with Crippen LogP contribution < -0.4 is 10.1 Å². The minimum Gasteiger partial charge on any atom is -0.488 e. The smallest absolute Gasteiger partial charge is 0.407 e. The number of nitrogens with zero attached hydrogens (tertiary/aromatic N) is 1. The molecule has 0 saturated heterocycles. The number of carbonyl (C=O) groups excluding carboxylic acids is 1. The van der Waals surface area contributed by atoms with E-state index >= 15 is 0 Å². The summed E-state index contributed by atoms with van der Waals surface area (Å²) in [5.74, 6) is 0.704. The van der Waals surface area contributed by atoms with Gasteiger partial charge in [0.2, 0.25) is 0 Å². The second kappa shape index (κ2) is 10.2. The molecule has 0 spiro atoms. The minimum absolute atomic E-state index is 0.287. The van der Waals surface area contributed by atoms with Crippen LogP contribution in [0.3, 0.4) is 0 Å². The summed E-state index contributed by atoms with van der Waals surface area (Å²) in [5.41, 5.74) is 0.645. The van der Waals surface area contributed by atoms with E-state index in [4.69, 9.17) is 9.47 Å². The predicted octanol–water partition coefficient (Wildman–Crippen LogP) is 3.64. The van der Waals surface area contributed by atoms with Crippen LogP contribution in [0.2, 0.25) is 0 Å². The summed E-state index contributed by atoms with van der Waals surface area (Å²) < 4.78 is 11.5. The highest BCUT2D eigenvalue weighted by Crippen LogP contribution is 2.29. The Hall–Kier alpha value is -2.57. The van der Waals surface area contributed by atoms with E-state index < -0.39 is 23.9 Å². The highest BCUT2D eigenvalue weighted by atomic mass is 16.6. The molecule has 2 aromatic rings. The van der Waals surface area contributed by atoms with E-state index in [2.05, 4.69) is 22.3 Å². The molecule has 0 aromatic heterocycles. The number of carbonyl (C=O) groups is 1. The average molecular weight is 427 g/mol. The van der Waals surface area contributed by atoms with Gasteiger partial charge in [-0.3, -0.25) is 4.90 Å². The molecule has 6 heteroatoms. The molecule has 0 heterocycles. The molecule has 1 saturated carbocycles. The maximum Gasteiger partial charge on any atom is 0.407 e. The summed E-state index contributed by atoms with van der Waals surface area (Å²) in [6, 6.07) is 19.1. The topological polar surface area (TPSA) is 71.0 Å². The Morgan fingerprint density at radius 1 is 1.10 bits per heavy atom. The van der Waals surface area contributed by atoms with Crippen LogP contribution in [0.4, 0.5) is 4.79 Å². The Kier molecular flexibility index (Phi) is 7.57. The van der Waals surface area contributed by atoms with Crippen LogP contribution in [0.5, 0.6) is 5.75 Å². The fourth-order valence-corrected chi connectivity index (χ4v) is 4.05. The summed E-state index contributed by atoms with van der Waals surface area (Å²) in [6.07, 6.45) is -0.307. The van der Waals surface area contributed by atoms with E-state index in [0.717, 1.165) is 13.0 Å². The van der Waals surface area contributed by atoms with Gasteiger partial charge in [-0.1, -0.05) is 48.5 Å². The van der Waals surface area contributed by atoms with Gasteiger partial charge < -0.3 is 19.9 Å². The standard InChI is InChI=1S/C25H34N2O4/c1-25(2,3)31-24(29)26-20-17-21(30-19-13-9-6-10-14-19)23(28)22(20)27(4)16-15-18-11-7-5-8-12-18/h5-14,20-23,28H,15-17H2,1-4H3,(H,26,29)/t20-,21-,22+,23+/m1/s1. The monoisotopic (exact) mass is 426 g/mol. The van der Waals surface area contributed by atoms with E-state index in [-0.39, 0.29) is 12.1 Å². The molecule has 0 aliphatic heterocycles. The minimum atomic E-state index is -0.749. The molecule has 2 N–H and O–H groups in total. The Morgan fingerprint density at radius 3 is 2.32 bits per heavy atom. The zero-order valence-corrected chi connectivity index (χ0v) is 18.8. The number of aliphatic hydroxyl groups is 1. The van der Waals surface area contributed by atoms with Crippen molar-refractivity contribution < 1.29 is 19.4 Å². The first-order valence-corrected chi connectivity index (χ1v) is 10.9. The van der Waals surface area contributed by atoms with Gasteiger partial charge >= 0.3 is 6.09 Å². The maximum atomic E-state index is 12.5. The van der Waals surface area contributed by atoms with Crippen molar-refractivity contribution in [2.75, 3.05) is 13.6 Å². The van der Waals surface area contributed by atoms with E-state index in [9.17, 15) is 9.90 Å². The van der Waals surface area contributed by atoms with Crippen LogP contribution in [-0.2, 0) is 11.2 Å². The number of nitrogens with one attached hydrogen (secondary N) is 1. The highest BCUT2D eigenvalue weighted by molar-refractivity contribution is 5.68. The van der Waals surface area contributed by atoms with Crippen molar-refractivity contribution >= 4 is 6.09 Å². The molecule has 4 atom stereocenters. The van der Waals surface area contributed by atoms with Crippen LogP contribution in [0.25, 0.3) is 0 Å². The van der Waals surface area contributed by atoms with Gasteiger partial charge in [0, 0.05) is 13.0 Å².